The fraction of sp³-hybridized carbons (Fsp3) is 0.500. The Labute approximate surface area is 212 Å². The Morgan fingerprint density at radius 3 is 2.22 bits per heavy atom. The Balaban J connectivity index is 1.97. The highest BCUT2D eigenvalue weighted by molar-refractivity contribution is 6.28. The molecule has 0 aliphatic carbocycles. The lowest BCUT2D eigenvalue weighted by molar-refractivity contribution is -0.273. The number of aliphatic hydroxyl groups excluding tert-OH is 3. The molecule has 13 nitrogen and oxygen atoms in total. The lowest BCUT2D eigenvalue weighted by atomic mass is 9.95. The number of carboxylic acid groups (broad SMARTS) is 1. The van der Waals surface area contributed by atoms with Crippen LogP contribution in [0, 0.1) is 0 Å². The number of hydrogen-bond donors (Lipinski definition) is 5. The first-order valence-corrected chi connectivity index (χ1v) is 11.7. The number of imide groups is 2. The summed E-state index contributed by atoms with van der Waals surface area (Å²) < 4.78 is 11.5. The van der Waals surface area contributed by atoms with Crippen molar-refractivity contribution in [3.8, 4) is 0 Å². The third kappa shape index (κ3) is 6.32. The van der Waals surface area contributed by atoms with Crippen LogP contribution in [0.2, 0.25) is 0 Å². The highest BCUT2D eigenvalue weighted by Gasteiger charge is 2.47. The first kappa shape index (κ1) is 28.2. The van der Waals surface area contributed by atoms with Crippen molar-refractivity contribution in [1.82, 2.24) is 15.1 Å². The zero-order chi connectivity index (χ0) is 27.3. The predicted molar refractivity (Wildman–Crippen MR) is 125 cm³/mol. The van der Waals surface area contributed by atoms with Crippen molar-refractivity contribution in [2.75, 3.05) is 20.7 Å². The first-order valence-electron chi connectivity index (χ1n) is 11.7. The number of hydrogen-bond acceptors (Lipinski definition) is 10. The molecule has 3 rings (SSSR count). The van der Waals surface area contributed by atoms with Crippen molar-refractivity contribution in [2.24, 2.45) is 0 Å². The lowest BCUT2D eigenvalue weighted by Crippen LogP contribution is -2.64. The van der Waals surface area contributed by atoms with E-state index >= 15 is 0 Å². The van der Waals surface area contributed by atoms with E-state index in [1.54, 1.807) is 24.3 Å². The van der Waals surface area contributed by atoms with Crippen LogP contribution in [0.3, 0.4) is 0 Å². The Hall–Kier alpha value is -3.36. The monoisotopic (exact) mass is 521 g/mol. The van der Waals surface area contributed by atoms with Gasteiger partial charge in [-0.2, -0.15) is 0 Å². The van der Waals surface area contributed by atoms with Crippen molar-refractivity contribution >= 4 is 23.8 Å². The van der Waals surface area contributed by atoms with Crippen LogP contribution >= 0.6 is 0 Å². The van der Waals surface area contributed by atoms with Crippen molar-refractivity contribution in [3.63, 3.8) is 0 Å². The molecule has 0 radical (unpaired) electrons. The molecule has 37 heavy (non-hydrogen) atoms. The van der Waals surface area contributed by atoms with Crippen LogP contribution in [-0.2, 0) is 30.5 Å². The predicted octanol–water partition coefficient (Wildman–Crippen LogP) is -0.840. The Morgan fingerprint density at radius 1 is 1.03 bits per heavy atom. The Bertz CT molecular complexity index is 1020. The van der Waals surface area contributed by atoms with Gasteiger partial charge in [0.1, 0.15) is 29.9 Å². The van der Waals surface area contributed by atoms with Gasteiger partial charge in [-0.25, -0.2) is 4.79 Å². The molecule has 13 heteroatoms. The summed E-state index contributed by atoms with van der Waals surface area (Å²) in [5.41, 5.74) is 0.311. The molecule has 2 heterocycles. The summed E-state index contributed by atoms with van der Waals surface area (Å²) in [6, 6.07) is 6.93. The molecule has 5 N–H and O–H groups in total. The fourth-order valence-corrected chi connectivity index (χ4v) is 4.10. The molecule has 0 spiro atoms. The minimum absolute atomic E-state index is 0.0180. The van der Waals surface area contributed by atoms with Gasteiger partial charge in [-0.1, -0.05) is 30.3 Å². The number of carbonyl (C=O) groups is 4. The molecule has 2 fully saturated rings. The summed E-state index contributed by atoms with van der Waals surface area (Å²) in [6.07, 6.45) is -5.92. The van der Waals surface area contributed by atoms with E-state index in [0.29, 0.717) is 0 Å². The molecule has 4 amide bonds. The fourth-order valence-electron chi connectivity index (χ4n) is 4.10. The zero-order valence-corrected chi connectivity index (χ0v) is 20.4. The molecular weight excluding hydrogens is 490 g/mol. The molecule has 2 aliphatic rings. The van der Waals surface area contributed by atoms with E-state index < -0.39 is 66.6 Å². The van der Waals surface area contributed by atoms with Gasteiger partial charge in [0.15, 0.2) is 6.29 Å². The maximum absolute atomic E-state index is 12.9. The van der Waals surface area contributed by atoms with Crippen LogP contribution < -0.4 is 5.32 Å². The van der Waals surface area contributed by atoms with Crippen molar-refractivity contribution in [2.45, 2.75) is 56.5 Å². The third-order valence-electron chi connectivity index (χ3n) is 6.21. The third-order valence-corrected chi connectivity index (χ3v) is 6.21. The number of rotatable bonds is 10. The number of aliphatic carboxylic acids is 1. The lowest BCUT2D eigenvalue weighted by Gasteiger charge is -2.43. The van der Waals surface area contributed by atoms with Crippen LogP contribution in [0.1, 0.15) is 24.8 Å². The minimum Gasteiger partial charge on any atom is -0.481 e. The molecule has 0 aromatic heterocycles. The topological polar surface area (TPSA) is 186 Å². The Morgan fingerprint density at radius 2 is 1.65 bits per heavy atom. The maximum atomic E-state index is 12.9. The summed E-state index contributed by atoms with van der Waals surface area (Å²) in [6.45, 7) is -0.579. The summed E-state index contributed by atoms with van der Waals surface area (Å²) in [7, 11) is 2.39. The minimum atomic E-state index is -1.58. The van der Waals surface area contributed by atoms with Gasteiger partial charge in [-0.3, -0.25) is 24.2 Å². The van der Waals surface area contributed by atoms with Crippen LogP contribution in [0.25, 0.3) is 0 Å². The van der Waals surface area contributed by atoms with E-state index in [1.165, 1.54) is 14.1 Å². The number of urea groups is 1. The highest BCUT2D eigenvalue weighted by Crippen LogP contribution is 2.27. The first-order chi connectivity index (χ1) is 17.6. The van der Waals surface area contributed by atoms with Gasteiger partial charge < -0.3 is 35.2 Å². The van der Waals surface area contributed by atoms with Gasteiger partial charge in [0.2, 0.25) is 0 Å². The van der Waals surface area contributed by atoms with Crippen molar-refractivity contribution in [3.05, 3.63) is 47.2 Å². The highest BCUT2D eigenvalue weighted by atomic mass is 16.7. The van der Waals surface area contributed by atoms with Gasteiger partial charge in [0, 0.05) is 26.2 Å². The SMILES string of the molecule is CN1C(=O)C(=C(CCCC(=O)O)N[C@H]2[C@@H](OCc3ccccc3)O[C@H](CO)[C@@H](O)[C@@H]2O)C(=O)N(C)C1=O. The average molecular weight is 522 g/mol. The van der Waals surface area contributed by atoms with E-state index in [4.69, 9.17) is 14.6 Å². The number of aliphatic hydroxyl groups is 3. The molecule has 1 aromatic rings. The van der Waals surface area contributed by atoms with E-state index in [9.17, 15) is 34.5 Å². The molecule has 202 valence electrons. The second-order valence-corrected chi connectivity index (χ2v) is 8.79. The summed E-state index contributed by atoms with van der Waals surface area (Å²) >= 11 is 0. The van der Waals surface area contributed by atoms with Gasteiger partial charge in [0.05, 0.1) is 13.2 Å². The number of likely N-dealkylation sites (N-methyl/N-ethyl adjacent to an activating group) is 2. The summed E-state index contributed by atoms with van der Waals surface area (Å²) in [4.78, 5) is 50.7. The second kappa shape index (κ2) is 12.3. The van der Waals surface area contributed by atoms with E-state index in [2.05, 4.69) is 5.32 Å². The van der Waals surface area contributed by atoms with Crippen molar-refractivity contribution in [1.29, 1.82) is 0 Å². The number of carboxylic acids is 1. The maximum Gasteiger partial charge on any atom is 0.333 e. The average Bonchev–Trinajstić information content (AvgIpc) is 2.88. The zero-order valence-electron chi connectivity index (χ0n) is 20.4. The summed E-state index contributed by atoms with van der Waals surface area (Å²) in [5, 5.41) is 42.9. The number of nitrogens with zero attached hydrogens (tertiary/aromatic N) is 2. The molecule has 0 unspecified atom stereocenters. The number of barbiturate groups is 1. The van der Waals surface area contributed by atoms with Crippen LogP contribution in [0.15, 0.2) is 41.6 Å². The quantitative estimate of drug-likeness (QED) is 0.191. The smallest absolute Gasteiger partial charge is 0.333 e. The van der Waals surface area contributed by atoms with E-state index in [1.807, 2.05) is 6.07 Å². The van der Waals surface area contributed by atoms with Gasteiger partial charge >= 0.3 is 12.0 Å². The molecule has 2 aliphatic heterocycles. The van der Waals surface area contributed by atoms with E-state index in [-0.39, 0.29) is 31.6 Å². The number of benzene rings is 1. The van der Waals surface area contributed by atoms with Gasteiger partial charge in [0.25, 0.3) is 11.8 Å². The summed E-state index contributed by atoms with van der Waals surface area (Å²) in [5.74, 6) is -2.92. The second-order valence-electron chi connectivity index (χ2n) is 8.79. The molecule has 5 atom stereocenters. The molecule has 2 saturated heterocycles. The molecule has 0 bridgehead atoms. The van der Waals surface area contributed by atoms with Crippen molar-refractivity contribution < 1.29 is 49.1 Å². The number of ether oxygens (including phenoxy) is 2. The van der Waals surface area contributed by atoms with Crippen LogP contribution in [0.5, 0.6) is 0 Å². The number of carbonyl (C=O) groups excluding carboxylic acids is 3. The standard InChI is InChI=1S/C24H31N3O10/c1-26-21(33)17(22(34)27(2)24(26)35)14(9-6-10-16(29)30)25-18-20(32)19(31)15(11-28)37-23(18)36-12-13-7-4-3-5-8-13/h3-5,7-8,15,18-20,23,25,28,31-32H,6,9-12H2,1-2H3,(H,29,30)/t15-,18-,19-,20-,23+/m1/s1. The largest absolute Gasteiger partial charge is 0.481 e. The molecular formula is C24H31N3O10. The number of amides is 4. The Kier molecular flexibility index (Phi) is 9.34. The molecule has 1 aromatic carbocycles. The molecule has 0 saturated carbocycles. The number of allylic oxidation sites excluding steroid dienone is 1. The van der Waals surface area contributed by atoms with Crippen LogP contribution in [-0.4, -0.2) is 105 Å². The van der Waals surface area contributed by atoms with Gasteiger partial charge in [-0.05, 0) is 18.4 Å². The van der Waals surface area contributed by atoms with E-state index in [0.717, 1.165) is 15.4 Å². The van der Waals surface area contributed by atoms with Crippen LogP contribution in [0.4, 0.5) is 4.79 Å². The van der Waals surface area contributed by atoms with Gasteiger partial charge in [-0.15, -0.1) is 0 Å². The number of nitrogens with one attached hydrogen (secondary N) is 1. The normalized spacial score (nSPS) is 26.5.